The summed E-state index contributed by atoms with van der Waals surface area (Å²) in [4.78, 5) is 10.0. The Kier molecular flexibility index (Phi) is 5.64. The van der Waals surface area contributed by atoms with E-state index in [2.05, 4.69) is 6.92 Å². The SMILES string of the molecule is CCCC(C)(/C=C/CC=O)OC. The Morgan fingerprint density at radius 2 is 2.17 bits per heavy atom. The lowest BCUT2D eigenvalue weighted by molar-refractivity contribution is -0.107. The number of rotatable bonds is 6. The standard InChI is InChI=1S/C10H18O2/c1-4-7-10(2,12-3)8-5-6-9-11/h5,8-9H,4,6-7H2,1-3H3/b8-5+. The summed E-state index contributed by atoms with van der Waals surface area (Å²) >= 11 is 0. The molecule has 0 spiro atoms. The maximum Gasteiger partial charge on any atom is 0.123 e. The van der Waals surface area contributed by atoms with Crippen molar-refractivity contribution in [1.82, 2.24) is 0 Å². The van der Waals surface area contributed by atoms with E-state index in [4.69, 9.17) is 4.74 Å². The molecule has 0 saturated heterocycles. The van der Waals surface area contributed by atoms with E-state index >= 15 is 0 Å². The summed E-state index contributed by atoms with van der Waals surface area (Å²) in [6.07, 6.45) is 7.24. The van der Waals surface area contributed by atoms with E-state index in [1.165, 1.54) is 0 Å². The lowest BCUT2D eigenvalue weighted by Crippen LogP contribution is -2.23. The molecule has 2 heteroatoms. The van der Waals surface area contributed by atoms with Crippen LogP contribution in [0, 0.1) is 0 Å². The minimum Gasteiger partial charge on any atom is -0.374 e. The molecule has 0 aliphatic carbocycles. The van der Waals surface area contributed by atoms with Crippen molar-refractivity contribution < 1.29 is 9.53 Å². The third-order valence-electron chi connectivity index (χ3n) is 1.92. The quantitative estimate of drug-likeness (QED) is 0.452. The van der Waals surface area contributed by atoms with Gasteiger partial charge in [-0.3, -0.25) is 0 Å². The molecule has 0 bridgehead atoms. The fraction of sp³-hybridized carbons (Fsp3) is 0.700. The largest absolute Gasteiger partial charge is 0.374 e. The van der Waals surface area contributed by atoms with Crippen LogP contribution in [-0.4, -0.2) is 19.0 Å². The van der Waals surface area contributed by atoms with Gasteiger partial charge in [0.15, 0.2) is 0 Å². The summed E-state index contributed by atoms with van der Waals surface area (Å²) in [7, 11) is 1.70. The van der Waals surface area contributed by atoms with Crippen LogP contribution >= 0.6 is 0 Å². The number of allylic oxidation sites excluding steroid dienone is 1. The molecule has 0 rings (SSSR count). The third-order valence-corrected chi connectivity index (χ3v) is 1.92. The lowest BCUT2D eigenvalue weighted by Gasteiger charge is -2.23. The van der Waals surface area contributed by atoms with E-state index in [1.54, 1.807) is 7.11 Å². The van der Waals surface area contributed by atoms with Crippen LogP contribution in [0.4, 0.5) is 0 Å². The van der Waals surface area contributed by atoms with Crippen molar-refractivity contribution >= 4 is 6.29 Å². The Morgan fingerprint density at radius 1 is 1.50 bits per heavy atom. The van der Waals surface area contributed by atoms with E-state index in [0.29, 0.717) is 6.42 Å². The molecule has 1 unspecified atom stereocenters. The highest BCUT2D eigenvalue weighted by molar-refractivity contribution is 5.51. The van der Waals surface area contributed by atoms with Crippen molar-refractivity contribution in [3.63, 3.8) is 0 Å². The second-order valence-corrected chi connectivity index (χ2v) is 3.07. The summed E-state index contributed by atoms with van der Waals surface area (Å²) in [5, 5.41) is 0. The van der Waals surface area contributed by atoms with Gasteiger partial charge >= 0.3 is 0 Å². The molecule has 0 aromatic carbocycles. The predicted molar refractivity (Wildman–Crippen MR) is 50.1 cm³/mol. The first-order valence-electron chi connectivity index (χ1n) is 4.35. The van der Waals surface area contributed by atoms with Gasteiger partial charge < -0.3 is 9.53 Å². The zero-order chi connectivity index (χ0) is 9.45. The first-order chi connectivity index (χ1) is 5.68. The molecule has 0 aliphatic heterocycles. The Hall–Kier alpha value is -0.630. The first-order valence-corrected chi connectivity index (χ1v) is 4.35. The number of aldehydes is 1. The third kappa shape index (κ3) is 4.29. The molecule has 0 fully saturated rings. The fourth-order valence-electron chi connectivity index (χ4n) is 1.12. The van der Waals surface area contributed by atoms with Crippen molar-refractivity contribution in [3.8, 4) is 0 Å². The fourth-order valence-corrected chi connectivity index (χ4v) is 1.12. The molecular formula is C10H18O2. The monoisotopic (exact) mass is 170 g/mol. The summed E-state index contributed by atoms with van der Waals surface area (Å²) in [6.45, 7) is 4.14. The minimum absolute atomic E-state index is 0.197. The molecule has 1 atom stereocenters. The van der Waals surface area contributed by atoms with Gasteiger partial charge in [-0.2, -0.15) is 0 Å². The van der Waals surface area contributed by atoms with Gasteiger partial charge in [-0.05, 0) is 13.3 Å². The molecule has 2 nitrogen and oxygen atoms in total. The predicted octanol–water partition coefficient (Wildman–Crippen LogP) is 2.34. The maximum absolute atomic E-state index is 10.0. The van der Waals surface area contributed by atoms with Gasteiger partial charge in [0, 0.05) is 13.5 Å². The topological polar surface area (TPSA) is 26.3 Å². The summed E-state index contributed by atoms with van der Waals surface area (Å²) in [5.74, 6) is 0. The number of hydrogen-bond acceptors (Lipinski definition) is 2. The highest BCUT2D eigenvalue weighted by Gasteiger charge is 2.17. The number of hydrogen-bond donors (Lipinski definition) is 0. The van der Waals surface area contributed by atoms with Gasteiger partial charge in [-0.25, -0.2) is 0 Å². The van der Waals surface area contributed by atoms with Crippen molar-refractivity contribution in [2.45, 2.75) is 38.7 Å². The molecule has 0 aliphatic rings. The zero-order valence-corrected chi connectivity index (χ0v) is 8.17. The van der Waals surface area contributed by atoms with Crippen LogP contribution in [0.15, 0.2) is 12.2 Å². The average Bonchev–Trinajstić information content (AvgIpc) is 2.06. The molecule has 0 amide bonds. The molecule has 70 valence electrons. The van der Waals surface area contributed by atoms with E-state index in [1.807, 2.05) is 19.1 Å². The Balaban J connectivity index is 4.02. The zero-order valence-electron chi connectivity index (χ0n) is 8.17. The van der Waals surface area contributed by atoms with Crippen molar-refractivity contribution in [2.24, 2.45) is 0 Å². The highest BCUT2D eigenvalue weighted by atomic mass is 16.5. The number of carbonyl (C=O) groups excluding carboxylic acids is 1. The lowest BCUT2D eigenvalue weighted by atomic mass is 9.99. The van der Waals surface area contributed by atoms with E-state index in [9.17, 15) is 4.79 Å². The maximum atomic E-state index is 10.0. The molecule has 0 heterocycles. The molecule has 0 aromatic heterocycles. The number of carbonyl (C=O) groups is 1. The smallest absolute Gasteiger partial charge is 0.123 e. The van der Waals surface area contributed by atoms with E-state index in [-0.39, 0.29) is 5.60 Å². The van der Waals surface area contributed by atoms with Crippen LogP contribution in [0.1, 0.15) is 33.1 Å². The van der Waals surface area contributed by atoms with E-state index < -0.39 is 0 Å². The van der Waals surface area contributed by atoms with Crippen molar-refractivity contribution in [1.29, 1.82) is 0 Å². The van der Waals surface area contributed by atoms with Crippen LogP contribution in [0.2, 0.25) is 0 Å². The van der Waals surface area contributed by atoms with Gasteiger partial charge in [0.25, 0.3) is 0 Å². The molecule has 0 radical (unpaired) electrons. The molecular weight excluding hydrogens is 152 g/mol. The van der Waals surface area contributed by atoms with Crippen LogP contribution in [-0.2, 0) is 9.53 Å². The number of ether oxygens (including phenoxy) is 1. The minimum atomic E-state index is -0.197. The molecule has 12 heavy (non-hydrogen) atoms. The second kappa shape index (κ2) is 5.95. The Bertz CT molecular complexity index is 152. The van der Waals surface area contributed by atoms with Gasteiger partial charge in [-0.1, -0.05) is 25.5 Å². The van der Waals surface area contributed by atoms with Crippen molar-refractivity contribution in [2.75, 3.05) is 7.11 Å². The second-order valence-electron chi connectivity index (χ2n) is 3.07. The Morgan fingerprint density at radius 3 is 2.58 bits per heavy atom. The van der Waals surface area contributed by atoms with Crippen LogP contribution in [0.3, 0.4) is 0 Å². The van der Waals surface area contributed by atoms with Gasteiger partial charge in [0.05, 0.1) is 5.60 Å². The first kappa shape index (κ1) is 11.4. The normalized spacial score (nSPS) is 16.2. The molecule has 0 saturated carbocycles. The molecule has 0 N–H and O–H groups in total. The van der Waals surface area contributed by atoms with Gasteiger partial charge in [0.2, 0.25) is 0 Å². The Labute approximate surface area is 74.6 Å². The highest BCUT2D eigenvalue weighted by Crippen LogP contribution is 2.18. The number of methoxy groups -OCH3 is 1. The van der Waals surface area contributed by atoms with Crippen LogP contribution < -0.4 is 0 Å². The van der Waals surface area contributed by atoms with Gasteiger partial charge in [-0.15, -0.1) is 0 Å². The summed E-state index contributed by atoms with van der Waals surface area (Å²) < 4.78 is 5.32. The van der Waals surface area contributed by atoms with E-state index in [0.717, 1.165) is 19.1 Å². The average molecular weight is 170 g/mol. The summed E-state index contributed by atoms with van der Waals surface area (Å²) in [5.41, 5.74) is -0.197. The molecule has 0 aromatic rings. The van der Waals surface area contributed by atoms with Crippen LogP contribution in [0.25, 0.3) is 0 Å². The summed E-state index contributed by atoms with van der Waals surface area (Å²) in [6, 6.07) is 0. The van der Waals surface area contributed by atoms with Crippen molar-refractivity contribution in [3.05, 3.63) is 12.2 Å². The van der Waals surface area contributed by atoms with Gasteiger partial charge in [0.1, 0.15) is 6.29 Å². The van der Waals surface area contributed by atoms with Crippen LogP contribution in [0.5, 0.6) is 0 Å².